The number of rotatable bonds is 2. The molecule has 0 unspecified atom stereocenters. The van der Waals surface area contributed by atoms with Crippen LogP contribution >= 0.6 is 23.4 Å². The molecule has 0 fully saturated rings. The average Bonchev–Trinajstić information content (AvgIpc) is 3.12. The second kappa shape index (κ2) is 6.76. The Morgan fingerprint density at radius 3 is 2.64 bits per heavy atom. The van der Waals surface area contributed by atoms with Crippen LogP contribution in [0.2, 0.25) is 5.02 Å². The van der Waals surface area contributed by atoms with Crippen LogP contribution in [0.15, 0.2) is 39.9 Å². The second-order valence-corrected chi connectivity index (χ2v) is 8.33. The molecule has 0 bridgehead atoms. The number of hydrogen-bond acceptors (Lipinski definition) is 4. The molecule has 142 valence electrons. The van der Waals surface area contributed by atoms with Gasteiger partial charge in [0.15, 0.2) is 5.84 Å². The number of nitrogens with one attached hydrogen (secondary N) is 1. The smallest absolute Gasteiger partial charge is 0.283 e. The quantitative estimate of drug-likeness (QED) is 0.728. The van der Waals surface area contributed by atoms with E-state index in [9.17, 15) is 4.79 Å². The van der Waals surface area contributed by atoms with Crippen molar-refractivity contribution in [2.24, 2.45) is 10.1 Å². The molecule has 0 atom stereocenters. The lowest BCUT2D eigenvalue weighted by atomic mass is 10.1. The highest BCUT2D eigenvalue weighted by molar-refractivity contribution is 8.26. The Kier molecular flexibility index (Phi) is 4.51. The molecule has 1 N–H and O–H groups in total. The molecule has 2 aliphatic rings. The Morgan fingerprint density at radius 2 is 1.93 bits per heavy atom. The van der Waals surface area contributed by atoms with Gasteiger partial charge in [0.25, 0.3) is 5.91 Å². The number of benzene rings is 1. The van der Waals surface area contributed by atoms with Crippen LogP contribution in [0.1, 0.15) is 29.4 Å². The van der Waals surface area contributed by atoms with E-state index >= 15 is 0 Å². The number of amides is 1. The molecule has 2 aromatic rings. The molecule has 0 saturated carbocycles. The number of halogens is 1. The van der Waals surface area contributed by atoms with Crippen LogP contribution in [-0.2, 0) is 4.79 Å². The van der Waals surface area contributed by atoms with Gasteiger partial charge in [0.2, 0.25) is 5.17 Å². The fraction of sp³-hybridized carbons (Fsp3) is 0.200. The lowest BCUT2D eigenvalue weighted by Gasteiger charge is -2.20. The molecule has 8 heteroatoms. The van der Waals surface area contributed by atoms with Crippen molar-refractivity contribution in [3.8, 4) is 5.69 Å². The number of aromatic nitrogens is 1. The van der Waals surface area contributed by atoms with Gasteiger partial charge in [0.1, 0.15) is 0 Å². The van der Waals surface area contributed by atoms with E-state index in [4.69, 9.17) is 17.0 Å². The van der Waals surface area contributed by atoms with Crippen molar-refractivity contribution in [2.45, 2.75) is 27.7 Å². The lowest BCUT2D eigenvalue weighted by molar-refractivity contribution is -0.114. The van der Waals surface area contributed by atoms with Crippen LogP contribution in [0.25, 0.3) is 11.8 Å². The number of carbonyl (C=O) groups excluding carboxylic acids is 1. The summed E-state index contributed by atoms with van der Waals surface area (Å²) >= 11 is 7.39. The van der Waals surface area contributed by atoms with E-state index in [-0.39, 0.29) is 11.4 Å². The molecule has 4 rings (SSSR count). The van der Waals surface area contributed by atoms with E-state index in [1.807, 2.05) is 52.0 Å². The van der Waals surface area contributed by atoms with E-state index in [0.29, 0.717) is 10.2 Å². The van der Waals surface area contributed by atoms with Gasteiger partial charge in [-0.2, -0.15) is 15.1 Å². The normalized spacial score (nSPS) is 17.9. The summed E-state index contributed by atoms with van der Waals surface area (Å²) in [5, 5.41) is 16.0. The second-order valence-electron chi connectivity index (χ2n) is 6.73. The molecule has 2 aliphatic heterocycles. The summed E-state index contributed by atoms with van der Waals surface area (Å²) in [6.07, 6.45) is 1.73. The maximum absolute atomic E-state index is 12.5. The first kappa shape index (κ1) is 18.7. The molecular weight excluding hydrogens is 394 g/mol. The van der Waals surface area contributed by atoms with Gasteiger partial charge >= 0.3 is 0 Å². The first-order valence-electron chi connectivity index (χ1n) is 8.68. The van der Waals surface area contributed by atoms with Gasteiger partial charge < -0.3 is 4.57 Å². The molecule has 28 heavy (non-hydrogen) atoms. The Labute approximate surface area is 172 Å². The van der Waals surface area contributed by atoms with E-state index < -0.39 is 5.91 Å². The third-order valence-corrected chi connectivity index (χ3v) is 5.78. The number of amidine groups is 2. The zero-order valence-electron chi connectivity index (χ0n) is 15.9. The first-order valence-corrected chi connectivity index (χ1v) is 9.88. The van der Waals surface area contributed by atoms with Gasteiger partial charge in [-0.05, 0) is 80.9 Å². The summed E-state index contributed by atoms with van der Waals surface area (Å²) in [5.74, 6) is -0.368. The summed E-state index contributed by atoms with van der Waals surface area (Å²) < 4.78 is 2.12. The maximum Gasteiger partial charge on any atom is 0.283 e. The number of thioether (sulfide) groups is 1. The van der Waals surface area contributed by atoms with E-state index in [1.54, 1.807) is 6.08 Å². The van der Waals surface area contributed by atoms with Crippen molar-refractivity contribution in [3.63, 3.8) is 0 Å². The Balaban J connectivity index is 1.79. The van der Waals surface area contributed by atoms with Crippen molar-refractivity contribution in [1.29, 1.82) is 5.41 Å². The van der Waals surface area contributed by atoms with Gasteiger partial charge in [-0.15, -0.1) is 0 Å². The van der Waals surface area contributed by atoms with Crippen molar-refractivity contribution < 1.29 is 4.79 Å². The number of aliphatic imine (C=N–C) groups is 1. The fourth-order valence-corrected chi connectivity index (χ4v) is 4.38. The summed E-state index contributed by atoms with van der Waals surface area (Å²) in [7, 11) is 0. The van der Waals surface area contributed by atoms with Crippen LogP contribution in [0.5, 0.6) is 0 Å². The summed E-state index contributed by atoms with van der Waals surface area (Å²) in [6, 6.07) is 7.78. The number of nitrogens with zero attached hydrogens (tertiary/aromatic N) is 4. The average molecular weight is 412 g/mol. The predicted molar refractivity (Wildman–Crippen MR) is 116 cm³/mol. The number of fused-ring (bicyclic) bond motifs is 1. The molecule has 3 heterocycles. The zero-order valence-corrected chi connectivity index (χ0v) is 17.4. The largest absolute Gasteiger partial charge is 0.318 e. The molecular formula is C20H18ClN5OS. The standard InChI is InChI=1S/C20H18ClN5OS/c1-10-7-15(21)5-6-17(10)25-11(2)8-14(12(25)3)9-16-18(22)26-20(23-19(16)27)28-13(4)24-26/h5-9,22H,1-4H3/b16-9+,22-18?. The topological polar surface area (TPSA) is 73.8 Å². The molecule has 1 amide bonds. The third-order valence-electron chi connectivity index (χ3n) is 4.73. The molecule has 6 nitrogen and oxygen atoms in total. The minimum atomic E-state index is -0.416. The molecule has 1 aromatic heterocycles. The van der Waals surface area contributed by atoms with Crippen molar-refractivity contribution in [2.75, 3.05) is 0 Å². The predicted octanol–water partition coefficient (Wildman–Crippen LogP) is 4.70. The molecule has 0 saturated heterocycles. The SMILES string of the molecule is CC1=NN2C(=N)/C(=C\c3cc(C)n(-c4ccc(Cl)cc4C)c3C)C(=O)N=C2S1. The summed E-state index contributed by atoms with van der Waals surface area (Å²) in [4.78, 5) is 16.6. The molecule has 1 aromatic carbocycles. The molecule has 0 radical (unpaired) electrons. The fourth-order valence-electron chi connectivity index (χ4n) is 3.42. The van der Waals surface area contributed by atoms with E-state index in [0.717, 1.165) is 33.2 Å². The van der Waals surface area contributed by atoms with Gasteiger partial charge in [0, 0.05) is 22.1 Å². The minimum Gasteiger partial charge on any atom is -0.318 e. The van der Waals surface area contributed by atoms with Crippen molar-refractivity contribution >= 4 is 51.4 Å². The Morgan fingerprint density at radius 1 is 1.18 bits per heavy atom. The van der Waals surface area contributed by atoms with Gasteiger partial charge in [0.05, 0.1) is 10.6 Å². The summed E-state index contributed by atoms with van der Waals surface area (Å²) in [6.45, 7) is 7.85. The number of aryl methyl sites for hydroxylation is 2. The van der Waals surface area contributed by atoms with Crippen molar-refractivity contribution in [1.82, 2.24) is 9.58 Å². The Bertz CT molecular complexity index is 1140. The van der Waals surface area contributed by atoms with E-state index in [1.165, 1.54) is 16.8 Å². The minimum absolute atomic E-state index is 0.0480. The molecule has 0 aliphatic carbocycles. The Hall–Kier alpha value is -2.64. The van der Waals surface area contributed by atoms with Gasteiger partial charge in [-0.1, -0.05) is 11.6 Å². The highest BCUT2D eigenvalue weighted by Crippen LogP contribution is 2.30. The van der Waals surface area contributed by atoms with Crippen LogP contribution in [0.3, 0.4) is 0 Å². The first-order chi connectivity index (χ1) is 13.3. The molecule has 0 spiro atoms. The van der Waals surface area contributed by atoms with Crippen LogP contribution in [0, 0.1) is 26.2 Å². The maximum atomic E-state index is 12.5. The zero-order chi connectivity index (χ0) is 20.2. The van der Waals surface area contributed by atoms with Crippen LogP contribution < -0.4 is 0 Å². The van der Waals surface area contributed by atoms with Crippen molar-refractivity contribution in [3.05, 3.63) is 57.4 Å². The van der Waals surface area contributed by atoms with Gasteiger partial charge in [-0.3, -0.25) is 10.2 Å². The number of hydrazone groups is 1. The third kappa shape index (κ3) is 3.00. The highest BCUT2D eigenvalue weighted by Gasteiger charge is 2.34. The highest BCUT2D eigenvalue weighted by atomic mass is 35.5. The van der Waals surface area contributed by atoms with E-state index in [2.05, 4.69) is 14.7 Å². The number of carbonyl (C=O) groups is 1. The lowest BCUT2D eigenvalue weighted by Crippen LogP contribution is -2.35. The number of hydrogen-bond donors (Lipinski definition) is 1. The van der Waals surface area contributed by atoms with Gasteiger partial charge in [-0.25, -0.2) is 0 Å². The summed E-state index contributed by atoms with van der Waals surface area (Å²) in [5.41, 5.74) is 5.19. The van der Waals surface area contributed by atoms with Crippen LogP contribution in [0.4, 0.5) is 0 Å². The van der Waals surface area contributed by atoms with Crippen LogP contribution in [-0.4, -0.2) is 31.5 Å². The monoisotopic (exact) mass is 411 g/mol.